The second-order valence-corrected chi connectivity index (χ2v) is 5.76. The number of nitrogens with two attached hydrogens (primary N) is 1. The van der Waals surface area contributed by atoms with E-state index in [2.05, 4.69) is 6.92 Å². The van der Waals surface area contributed by atoms with Gasteiger partial charge in [0.25, 0.3) is 0 Å². The Morgan fingerprint density at radius 3 is 2.29 bits per heavy atom. The van der Waals surface area contributed by atoms with Crippen molar-refractivity contribution in [2.24, 2.45) is 5.73 Å². The maximum Gasteiger partial charge on any atom is 0.165 e. The monoisotopic (exact) mass is 295 g/mol. The Bertz CT molecular complexity index is 395. The molecule has 0 aliphatic heterocycles. The Morgan fingerprint density at radius 2 is 1.67 bits per heavy atom. The van der Waals surface area contributed by atoms with E-state index in [0.717, 1.165) is 18.4 Å². The van der Waals surface area contributed by atoms with E-state index in [9.17, 15) is 4.39 Å². The van der Waals surface area contributed by atoms with Crippen molar-refractivity contribution >= 4 is 0 Å². The Balaban J connectivity index is 2.20. The van der Waals surface area contributed by atoms with E-state index in [-0.39, 0.29) is 17.6 Å². The summed E-state index contributed by atoms with van der Waals surface area (Å²) in [7, 11) is 1.48. The molecule has 0 aliphatic carbocycles. The molecule has 2 nitrogen and oxygen atoms in total. The number of hydrogen-bond donors (Lipinski definition) is 1. The molecule has 1 unspecified atom stereocenters. The van der Waals surface area contributed by atoms with Gasteiger partial charge in [0, 0.05) is 6.04 Å². The third-order valence-electron chi connectivity index (χ3n) is 3.97. The van der Waals surface area contributed by atoms with Crippen molar-refractivity contribution in [3.63, 3.8) is 0 Å². The second-order valence-electron chi connectivity index (χ2n) is 5.76. The van der Waals surface area contributed by atoms with Crippen LogP contribution >= 0.6 is 0 Å². The van der Waals surface area contributed by atoms with Crippen LogP contribution in [0.1, 0.15) is 76.3 Å². The molecule has 0 amide bonds. The predicted molar refractivity (Wildman–Crippen MR) is 87.1 cm³/mol. The Kier molecular flexibility index (Phi) is 9.07. The molecule has 0 fully saturated rings. The molecule has 0 aliphatic rings. The number of unbranched alkanes of at least 4 members (excludes halogenated alkanes) is 7. The Labute approximate surface area is 128 Å². The van der Waals surface area contributed by atoms with E-state index in [1.807, 2.05) is 0 Å². The van der Waals surface area contributed by atoms with Crippen molar-refractivity contribution in [1.29, 1.82) is 0 Å². The molecule has 0 radical (unpaired) electrons. The van der Waals surface area contributed by atoms with Crippen LogP contribution in [0, 0.1) is 5.82 Å². The first-order valence-corrected chi connectivity index (χ1v) is 8.28. The smallest absolute Gasteiger partial charge is 0.165 e. The van der Waals surface area contributed by atoms with Gasteiger partial charge in [-0.2, -0.15) is 0 Å². The van der Waals surface area contributed by atoms with Gasteiger partial charge in [-0.1, -0.05) is 64.4 Å². The number of benzene rings is 1. The predicted octanol–water partition coefficient (Wildman–Crippen LogP) is 5.36. The van der Waals surface area contributed by atoms with Crippen LogP contribution in [-0.4, -0.2) is 7.11 Å². The molecule has 0 spiro atoms. The molecule has 0 heterocycles. The summed E-state index contributed by atoms with van der Waals surface area (Å²) in [5.41, 5.74) is 7.13. The number of hydrogen-bond acceptors (Lipinski definition) is 2. The molecule has 1 aromatic carbocycles. The van der Waals surface area contributed by atoms with Crippen LogP contribution in [0.5, 0.6) is 5.75 Å². The molecule has 2 N–H and O–H groups in total. The fourth-order valence-corrected chi connectivity index (χ4v) is 2.57. The Morgan fingerprint density at radius 1 is 1.05 bits per heavy atom. The fourth-order valence-electron chi connectivity index (χ4n) is 2.57. The van der Waals surface area contributed by atoms with Gasteiger partial charge in [-0.15, -0.1) is 0 Å². The molecule has 0 aromatic heterocycles. The highest BCUT2D eigenvalue weighted by atomic mass is 19.1. The maximum atomic E-state index is 13.3. The van der Waals surface area contributed by atoms with Gasteiger partial charge in [-0.25, -0.2) is 4.39 Å². The SMILES string of the molecule is CCCCCCCCCCC(N)c1ccc(F)c(OC)c1. The minimum Gasteiger partial charge on any atom is -0.494 e. The topological polar surface area (TPSA) is 35.2 Å². The number of halogens is 1. The zero-order valence-electron chi connectivity index (χ0n) is 13.5. The maximum absolute atomic E-state index is 13.3. The molecular formula is C18H30FNO. The summed E-state index contributed by atoms with van der Waals surface area (Å²) in [6.45, 7) is 2.24. The van der Waals surface area contributed by atoms with Crippen LogP contribution in [0.2, 0.25) is 0 Å². The lowest BCUT2D eigenvalue weighted by atomic mass is 10.00. The Hall–Kier alpha value is -1.09. The summed E-state index contributed by atoms with van der Waals surface area (Å²) in [4.78, 5) is 0. The summed E-state index contributed by atoms with van der Waals surface area (Å²) < 4.78 is 18.3. The van der Waals surface area contributed by atoms with Crippen molar-refractivity contribution < 1.29 is 9.13 Å². The first-order valence-electron chi connectivity index (χ1n) is 8.28. The van der Waals surface area contributed by atoms with Crippen LogP contribution in [0.15, 0.2) is 18.2 Å². The lowest BCUT2D eigenvalue weighted by molar-refractivity contribution is 0.385. The molecule has 1 rings (SSSR count). The average Bonchev–Trinajstić information content (AvgIpc) is 2.50. The van der Waals surface area contributed by atoms with Crippen LogP contribution in [0.4, 0.5) is 4.39 Å². The molecule has 0 saturated carbocycles. The van der Waals surface area contributed by atoms with Crippen molar-refractivity contribution in [3.8, 4) is 5.75 Å². The van der Waals surface area contributed by atoms with Crippen molar-refractivity contribution in [2.45, 2.75) is 70.8 Å². The number of ether oxygens (including phenoxy) is 1. The van der Waals surface area contributed by atoms with Gasteiger partial charge < -0.3 is 10.5 Å². The third-order valence-corrected chi connectivity index (χ3v) is 3.97. The van der Waals surface area contributed by atoms with Gasteiger partial charge >= 0.3 is 0 Å². The third kappa shape index (κ3) is 6.94. The fraction of sp³-hybridized carbons (Fsp3) is 0.667. The van der Waals surface area contributed by atoms with E-state index in [0.29, 0.717) is 0 Å². The van der Waals surface area contributed by atoms with Crippen molar-refractivity contribution in [2.75, 3.05) is 7.11 Å². The molecule has 21 heavy (non-hydrogen) atoms. The summed E-state index contributed by atoms with van der Waals surface area (Å²) in [5.74, 6) is -0.0561. The molecule has 0 saturated heterocycles. The van der Waals surface area contributed by atoms with Crippen LogP contribution in [0.25, 0.3) is 0 Å². The molecule has 120 valence electrons. The molecule has 0 bridgehead atoms. The quantitative estimate of drug-likeness (QED) is 0.557. The van der Waals surface area contributed by atoms with E-state index < -0.39 is 0 Å². The van der Waals surface area contributed by atoms with Gasteiger partial charge in [0.05, 0.1) is 7.11 Å². The summed E-state index contributed by atoms with van der Waals surface area (Å²) in [6.07, 6.45) is 11.3. The van der Waals surface area contributed by atoms with Gasteiger partial charge in [0.15, 0.2) is 11.6 Å². The standard InChI is InChI=1S/C18H30FNO/c1-3-4-5-6-7-8-9-10-11-17(20)15-12-13-16(19)18(14-15)21-2/h12-14,17H,3-11,20H2,1-2H3. The average molecular weight is 295 g/mol. The lowest BCUT2D eigenvalue weighted by Crippen LogP contribution is -2.10. The normalized spacial score (nSPS) is 12.4. The first-order chi connectivity index (χ1) is 10.2. The van der Waals surface area contributed by atoms with Crippen molar-refractivity contribution in [3.05, 3.63) is 29.6 Å². The van der Waals surface area contributed by atoms with Crippen molar-refractivity contribution in [1.82, 2.24) is 0 Å². The van der Waals surface area contributed by atoms with E-state index in [4.69, 9.17) is 10.5 Å². The van der Waals surface area contributed by atoms with Crippen LogP contribution in [-0.2, 0) is 0 Å². The highest BCUT2D eigenvalue weighted by molar-refractivity contribution is 5.31. The van der Waals surface area contributed by atoms with E-state index in [1.165, 1.54) is 58.1 Å². The molecular weight excluding hydrogens is 265 g/mol. The highest BCUT2D eigenvalue weighted by Crippen LogP contribution is 2.24. The number of rotatable bonds is 11. The number of methoxy groups -OCH3 is 1. The van der Waals surface area contributed by atoms with Gasteiger partial charge in [0.2, 0.25) is 0 Å². The minimum absolute atomic E-state index is 0.0282. The minimum atomic E-state index is -0.333. The first kappa shape index (κ1) is 18.0. The van der Waals surface area contributed by atoms with Gasteiger partial charge in [-0.05, 0) is 24.1 Å². The molecule has 1 atom stereocenters. The zero-order valence-corrected chi connectivity index (χ0v) is 13.5. The summed E-state index contributed by atoms with van der Waals surface area (Å²) in [6, 6.07) is 4.87. The van der Waals surface area contributed by atoms with E-state index in [1.54, 1.807) is 12.1 Å². The van der Waals surface area contributed by atoms with Gasteiger partial charge in [-0.3, -0.25) is 0 Å². The lowest BCUT2D eigenvalue weighted by Gasteiger charge is -2.13. The van der Waals surface area contributed by atoms with Crippen LogP contribution < -0.4 is 10.5 Å². The molecule has 1 aromatic rings. The zero-order chi connectivity index (χ0) is 15.5. The molecule has 3 heteroatoms. The summed E-state index contributed by atoms with van der Waals surface area (Å²) >= 11 is 0. The van der Waals surface area contributed by atoms with Gasteiger partial charge in [0.1, 0.15) is 0 Å². The highest BCUT2D eigenvalue weighted by Gasteiger charge is 2.09. The largest absolute Gasteiger partial charge is 0.494 e. The second kappa shape index (κ2) is 10.6. The summed E-state index contributed by atoms with van der Waals surface area (Å²) in [5, 5.41) is 0. The van der Waals surface area contributed by atoms with Crippen LogP contribution in [0.3, 0.4) is 0 Å². The van der Waals surface area contributed by atoms with E-state index >= 15 is 0 Å².